The lowest BCUT2D eigenvalue weighted by molar-refractivity contribution is 0.457. The standard InChI is InChI=1S/C20H18O2/c1-15-8-3-5-12-19(15)21-17-10-7-11-18(14-17)22-20-13-6-4-9-16(20)2/h3-14H,1-2H3. The second-order valence-corrected chi connectivity index (χ2v) is 5.21. The van der Waals surface area contributed by atoms with Gasteiger partial charge in [-0.2, -0.15) is 0 Å². The average Bonchev–Trinajstić information content (AvgIpc) is 2.52. The third kappa shape index (κ3) is 3.29. The summed E-state index contributed by atoms with van der Waals surface area (Å²) >= 11 is 0. The Bertz CT molecular complexity index is 715. The van der Waals surface area contributed by atoms with Crippen molar-refractivity contribution in [2.75, 3.05) is 0 Å². The Labute approximate surface area is 131 Å². The zero-order valence-electron chi connectivity index (χ0n) is 12.7. The van der Waals surface area contributed by atoms with Gasteiger partial charge in [-0.15, -0.1) is 0 Å². The summed E-state index contributed by atoms with van der Waals surface area (Å²) in [5, 5.41) is 0. The smallest absolute Gasteiger partial charge is 0.131 e. The number of benzene rings is 3. The second-order valence-electron chi connectivity index (χ2n) is 5.21. The highest BCUT2D eigenvalue weighted by atomic mass is 16.5. The first-order valence-electron chi connectivity index (χ1n) is 7.29. The van der Waals surface area contributed by atoms with Crippen molar-refractivity contribution in [1.29, 1.82) is 0 Å². The molecule has 22 heavy (non-hydrogen) atoms. The van der Waals surface area contributed by atoms with Gasteiger partial charge in [0.2, 0.25) is 0 Å². The molecule has 110 valence electrons. The summed E-state index contributed by atoms with van der Waals surface area (Å²) in [5.41, 5.74) is 2.21. The fraction of sp³-hybridized carbons (Fsp3) is 0.100. The van der Waals surface area contributed by atoms with Gasteiger partial charge in [0.1, 0.15) is 23.0 Å². The third-order valence-corrected chi connectivity index (χ3v) is 3.45. The Hall–Kier alpha value is -2.74. The van der Waals surface area contributed by atoms with Crippen LogP contribution in [0.3, 0.4) is 0 Å². The number of rotatable bonds is 4. The molecule has 2 nitrogen and oxygen atoms in total. The molecular weight excluding hydrogens is 272 g/mol. The quantitative estimate of drug-likeness (QED) is 0.596. The molecule has 0 saturated carbocycles. The van der Waals surface area contributed by atoms with Crippen molar-refractivity contribution in [3.05, 3.63) is 83.9 Å². The maximum atomic E-state index is 5.94. The van der Waals surface area contributed by atoms with E-state index in [1.165, 1.54) is 0 Å². The number of hydrogen-bond acceptors (Lipinski definition) is 2. The fourth-order valence-electron chi connectivity index (χ4n) is 2.20. The molecule has 0 fully saturated rings. The Balaban J connectivity index is 1.81. The van der Waals surface area contributed by atoms with Crippen LogP contribution in [-0.2, 0) is 0 Å². The summed E-state index contributed by atoms with van der Waals surface area (Å²) in [6.45, 7) is 4.06. The van der Waals surface area contributed by atoms with E-state index in [9.17, 15) is 0 Å². The molecule has 3 aromatic carbocycles. The maximum Gasteiger partial charge on any atom is 0.131 e. The zero-order valence-corrected chi connectivity index (χ0v) is 12.7. The summed E-state index contributed by atoms with van der Waals surface area (Å²) in [4.78, 5) is 0. The van der Waals surface area contributed by atoms with Crippen molar-refractivity contribution in [2.45, 2.75) is 13.8 Å². The summed E-state index contributed by atoms with van der Waals surface area (Å²) in [6, 6.07) is 23.6. The molecule has 0 aliphatic carbocycles. The van der Waals surface area contributed by atoms with Crippen molar-refractivity contribution < 1.29 is 9.47 Å². The van der Waals surface area contributed by atoms with Crippen LogP contribution in [0, 0.1) is 13.8 Å². The van der Waals surface area contributed by atoms with Gasteiger partial charge in [-0.05, 0) is 49.2 Å². The Morgan fingerprint density at radius 1 is 0.545 bits per heavy atom. The lowest BCUT2D eigenvalue weighted by Crippen LogP contribution is -1.90. The van der Waals surface area contributed by atoms with Crippen LogP contribution in [0.5, 0.6) is 23.0 Å². The van der Waals surface area contributed by atoms with E-state index in [-0.39, 0.29) is 0 Å². The maximum absolute atomic E-state index is 5.94. The highest BCUT2D eigenvalue weighted by molar-refractivity contribution is 5.42. The van der Waals surface area contributed by atoms with Gasteiger partial charge >= 0.3 is 0 Å². The minimum Gasteiger partial charge on any atom is -0.457 e. The average molecular weight is 290 g/mol. The normalized spacial score (nSPS) is 10.3. The summed E-state index contributed by atoms with van der Waals surface area (Å²) in [7, 11) is 0. The first-order valence-corrected chi connectivity index (χ1v) is 7.29. The van der Waals surface area contributed by atoms with Crippen LogP contribution in [-0.4, -0.2) is 0 Å². The van der Waals surface area contributed by atoms with Crippen LogP contribution in [0.2, 0.25) is 0 Å². The van der Waals surface area contributed by atoms with Gasteiger partial charge in [-0.1, -0.05) is 42.5 Å². The molecule has 3 rings (SSSR count). The van der Waals surface area contributed by atoms with Crippen LogP contribution in [0.1, 0.15) is 11.1 Å². The highest BCUT2D eigenvalue weighted by Gasteiger charge is 2.04. The number of aryl methyl sites for hydroxylation is 2. The third-order valence-electron chi connectivity index (χ3n) is 3.45. The van der Waals surface area contributed by atoms with Gasteiger partial charge in [0, 0.05) is 6.07 Å². The first kappa shape index (κ1) is 14.2. The molecule has 3 aromatic rings. The minimum atomic E-state index is 0.764. The van der Waals surface area contributed by atoms with Gasteiger partial charge in [-0.3, -0.25) is 0 Å². The number of ether oxygens (including phenoxy) is 2. The van der Waals surface area contributed by atoms with Crippen molar-refractivity contribution in [1.82, 2.24) is 0 Å². The van der Waals surface area contributed by atoms with Gasteiger partial charge in [0.25, 0.3) is 0 Å². The number of para-hydroxylation sites is 2. The van der Waals surface area contributed by atoms with Gasteiger partial charge in [-0.25, -0.2) is 0 Å². The highest BCUT2D eigenvalue weighted by Crippen LogP contribution is 2.30. The topological polar surface area (TPSA) is 18.5 Å². The molecule has 0 amide bonds. The molecule has 0 aliphatic rings. The Morgan fingerprint density at radius 3 is 1.45 bits per heavy atom. The molecule has 0 aliphatic heterocycles. The molecule has 0 spiro atoms. The van der Waals surface area contributed by atoms with Crippen molar-refractivity contribution in [3.8, 4) is 23.0 Å². The van der Waals surface area contributed by atoms with E-state index >= 15 is 0 Å². The predicted molar refractivity (Wildman–Crippen MR) is 88.9 cm³/mol. The van der Waals surface area contributed by atoms with Gasteiger partial charge < -0.3 is 9.47 Å². The lowest BCUT2D eigenvalue weighted by atomic mass is 10.2. The van der Waals surface area contributed by atoms with Crippen molar-refractivity contribution >= 4 is 0 Å². The first-order chi connectivity index (χ1) is 10.7. The monoisotopic (exact) mass is 290 g/mol. The van der Waals surface area contributed by atoms with Crippen LogP contribution >= 0.6 is 0 Å². The van der Waals surface area contributed by atoms with Crippen molar-refractivity contribution in [3.63, 3.8) is 0 Å². The van der Waals surface area contributed by atoms with E-state index in [2.05, 4.69) is 0 Å². The summed E-state index contributed by atoms with van der Waals surface area (Å²) < 4.78 is 11.9. The molecule has 0 radical (unpaired) electrons. The Morgan fingerprint density at radius 2 is 1.00 bits per heavy atom. The van der Waals surface area contributed by atoms with E-state index in [1.807, 2.05) is 86.6 Å². The van der Waals surface area contributed by atoms with Crippen LogP contribution < -0.4 is 9.47 Å². The zero-order chi connectivity index (χ0) is 15.4. The molecule has 2 heteroatoms. The van der Waals surface area contributed by atoms with Crippen molar-refractivity contribution in [2.24, 2.45) is 0 Å². The molecule has 0 bridgehead atoms. The SMILES string of the molecule is Cc1ccccc1Oc1cccc(Oc2ccccc2C)c1. The molecule has 0 aromatic heterocycles. The predicted octanol–water partition coefficient (Wildman–Crippen LogP) is 5.89. The van der Waals surface area contributed by atoms with Gasteiger partial charge in [0.15, 0.2) is 0 Å². The summed E-state index contributed by atoms with van der Waals surface area (Å²) in [5.74, 6) is 3.24. The van der Waals surface area contributed by atoms with E-state index in [4.69, 9.17) is 9.47 Å². The van der Waals surface area contributed by atoms with E-state index < -0.39 is 0 Å². The van der Waals surface area contributed by atoms with Crippen LogP contribution in [0.25, 0.3) is 0 Å². The molecular formula is C20H18O2. The van der Waals surface area contributed by atoms with Crippen LogP contribution in [0.4, 0.5) is 0 Å². The number of hydrogen-bond donors (Lipinski definition) is 0. The van der Waals surface area contributed by atoms with Crippen LogP contribution in [0.15, 0.2) is 72.8 Å². The van der Waals surface area contributed by atoms with E-state index in [0.29, 0.717) is 0 Å². The largest absolute Gasteiger partial charge is 0.457 e. The minimum absolute atomic E-state index is 0.764. The second kappa shape index (κ2) is 6.35. The fourth-order valence-corrected chi connectivity index (χ4v) is 2.20. The summed E-state index contributed by atoms with van der Waals surface area (Å²) in [6.07, 6.45) is 0. The van der Waals surface area contributed by atoms with E-state index in [0.717, 1.165) is 34.1 Å². The Kier molecular flexibility index (Phi) is 4.10. The lowest BCUT2D eigenvalue weighted by Gasteiger charge is -2.11. The molecule has 0 atom stereocenters. The molecule has 0 heterocycles. The molecule has 0 unspecified atom stereocenters. The van der Waals surface area contributed by atoms with E-state index in [1.54, 1.807) is 0 Å². The van der Waals surface area contributed by atoms with Gasteiger partial charge in [0.05, 0.1) is 0 Å². The molecule has 0 saturated heterocycles. The molecule has 0 N–H and O–H groups in total.